The Kier molecular flexibility index (Phi) is 4.79. The van der Waals surface area contributed by atoms with Crippen LogP contribution in [0, 0.1) is 23.2 Å². The molecule has 0 saturated carbocycles. The molecule has 0 spiro atoms. The Morgan fingerprint density at radius 1 is 1.21 bits per heavy atom. The van der Waals surface area contributed by atoms with Crippen molar-refractivity contribution < 1.29 is 4.39 Å². The molecule has 0 aliphatic carbocycles. The predicted molar refractivity (Wildman–Crippen MR) is 107 cm³/mol. The van der Waals surface area contributed by atoms with Gasteiger partial charge >= 0.3 is 0 Å². The van der Waals surface area contributed by atoms with Crippen molar-refractivity contribution in [3.8, 4) is 5.69 Å². The molecule has 124 valence electrons. The van der Waals surface area contributed by atoms with Gasteiger partial charge in [0, 0.05) is 20.5 Å². The van der Waals surface area contributed by atoms with Crippen molar-refractivity contribution in [2.75, 3.05) is 0 Å². The van der Waals surface area contributed by atoms with Crippen LogP contribution in [0.5, 0.6) is 0 Å². The molecule has 3 nitrogen and oxygen atoms in total. The molecule has 0 radical (unpaired) electrons. The van der Waals surface area contributed by atoms with Crippen molar-refractivity contribution >= 4 is 49.4 Å². The van der Waals surface area contributed by atoms with Gasteiger partial charge in [-0.25, -0.2) is 9.37 Å². The summed E-state index contributed by atoms with van der Waals surface area (Å²) in [7, 11) is 0. The van der Waals surface area contributed by atoms with Crippen LogP contribution < -0.4 is 5.56 Å². The third kappa shape index (κ3) is 2.90. The van der Waals surface area contributed by atoms with Gasteiger partial charge in [-0.05, 0) is 65.8 Å². The van der Waals surface area contributed by atoms with Gasteiger partial charge in [0.25, 0.3) is 5.56 Å². The molecular weight excluding hydrogens is 486 g/mol. The van der Waals surface area contributed by atoms with Crippen LogP contribution in [0.25, 0.3) is 16.6 Å². The lowest BCUT2D eigenvalue weighted by atomic mass is 10.1. The van der Waals surface area contributed by atoms with E-state index in [9.17, 15) is 9.18 Å². The second-order valence-electron chi connectivity index (χ2n) is 5.69. The van der Waals surface area contributed by atoms with Gasteiger partial charge in [0.15, 0.2) is 0 Å². The van der Waals surface area contributed by atoms with E-state index in [-0.39, 0.29) is 11.4 Å². The van der Waals surface area contributed by atoms with Crippen LogP contribution in [0.2, 0.25) is 0 Å². The van der Waals surface area contributed by atoms with Crippen LogP contribution in [-0.2, 0) is 6.42 Å². The van der Waals surface area contributed by atoms with Crippen LogP contribution >= 0.6 is 38.5 Å². The van der Waals surface area contributed by atoms with E-state index in [1.54, 1.807) is 10.6 Å². The van der Waals surface area contributed by atoms with E-state index in [0.29, 0.717) is 26.7 Å². The van der Waals surface area contributed by atoms with Crippen molar-refractivity contribution in [2.24, 2.45) is 0 Å². The summed E-state index contributed by atoms with van der Waals surface area (Å²) in [6.07, 6.45) is 0.577. The average Bonchev–Trinajstić information content (AvgIpc) is 2.53. The summed E-state index contributed by atoms with van der Waals surface area (Å²) in [6.45, 7) is 5.88. The Morgan fingerprint density at radius 3 is 2.58 bits per heavy atom. The number of hydrogen-bond acceptors (Lipinski definition) is 2. The molecule has 0 aliphatic heterocycles. The number of rotatable bonds is 2. The van der Waals surface area contributed by atoms with Crippen molar-refractivity contribution in [3.63, 3.8) is 0 Å². The fourth-order valence-electron chi connectivity index (χ4n) is 2.72. The molecule has 3 rings (SSSR count). The highest BCUT2D eigenvalue weighted by atomic mass is 127. The van der Waals surface area contributed by atoms with Crippen molar-refractivity contribution in [2.45, 2.75) is 27.2 Å². The highest BCUT2D eigenvalue weighted by Crippen LogP contribution is 2.25. The van der Waals surface area contributed by atoms with Gasteiger partial charge in [0.05, 0.1) is 16.6 Å². The van der Waals surface area contributed by atoms with E-state index in [1.165, 1.54) is 6.07 Å². The van der Waals surface area contributed by atoms with E-state index < -0.39 is 0 Å². The summed E-state index contributed by atoms with van der Waals surface area (Å²) in [4.78, 5) is 17.6. The summed E-state index contributed by atoms with van der Waals surface area (Å²) in [5, 5.41) is 0.429. The zero-order chi connectivity index (χ0) is 17.6. The summed E-state index contributed by atoms with van der Waals surface area (Å²) in [6, 6.07) is 6.87. The maximum absolute atomic E-state index is 13.8. The molecule has 0 fully saturated rings. The Labute approximate surface area is 161 Å². The van der Waals surface area contributed by atoms with Crippen molar-refractivity contribution in [1.29, 1.82) is 0 Å². The van der Waals surface area contributed by atoms with Crippen LogP contribution in [0.15, 0.2) is 33.5 Å². The minimum Gasteiger partial charge on any atom is -0.268 e. The lowest BCUT2D eigenvalue weighted by Gasteiger charge is -2.16. The number of aryl methyl sites for hydroxylation is 3. The fourth-order valence-corrected chi connectivity index (χ4v) is 3.64. The van der Waals surface area contributed by atoms with Gasteiger partial charge in [0.1, 0.15) is 11.6 Å². The maximum atomic E-state index is 13.8. The summed E-state index contributed by atoms with van der Waals surface area (Å²) < 4.78 is 16.9. The van der Waals surface area contributed by atoms with Crippen LogP contribution in [0.3, 0.4) is 0 Å². The first-order valence-corrected chi connectivity index (χ1v) is 9.38. The average molecular weight is 501 g/mol. The van der Waals surface area contributed by atoms with Gasteiger partial charge in [-0.3, -0.25) is 9.36 Å². The van der Waals surface area contributed by atoms with E-state index in [2.05, 4.69) is 20.9 Å². The molecule has 0 N–H and O–H groups in total. The maximum Gasteiger partial charge on any atom is 0.266 e. The highest BCUT2D eigenvalue weighted by Gasteiger charge is 2.16. The number of nitrogens with zero attached hydrogens (tertiary/aromatic N) is 2. The minimum atomic E-state index is -0.356. The minimum absolute atomic E-state index is 0.167. The summed E-state index contributed by atoms with van der Waals surface area (Å²) >= 11 is 5.41. The Bertz CT molecular complexity index is 1030. The summed E-state index contributed by atoms with van der Waals surface area (Å²) in [5.41, 5.74) is 3.06. The molecule has 0 aliphatic rings. The molecule has 0 atom stereocenters. The van der Waals surface area contributed by atoms with E-state index in [4.69, 9.17) is 0 Å². The highest BCUT2D eigenvalue weighted by molar-refractivity contribution is 14.1. The van der Waals surface area contributed by atoms with Crippen LogP contribution in [0.4, 0.5) is 4.39 Å². The molecular formula is C18H15BrFIN2O. The Morgan fingerprint density at radius 2 is 1.92 bits per heavy atom. The number of benzene rings is 2. The second kappa shape index (κ2) is 6.55. The smallest absolute Gasteiger partial charge is 0.266 e. The van der Waals surface area contributed by atoms with E-state index in [0.717, 1.165) is 21.3 Å². The fraction of sp³-hybridized carbons (Fsp3) is 0.222. The van der Waals surface area contributed by atoms with Crippen molar-refractivity contribution in [3.05, 3.63) is 65.4 Å². The van der Waals surface area contributed by atoms with Gasteiger partial charge < -0.3 is 0 Å². The molecule has 3 aromatic rings. The Balaban J connectivity index is 2.44. The van der Waals surface area contributed by atoms with Gasteiger partial charge in [0.2, 0.25) is 0 Å². The lowest BCUT2D eigenvalue weighted by Crippen LogP contribution is -2.24. The van der Waals surface area contributed by atoms with Gasteiger partial charge in [-0.15, -0.1) is 0 Å². The first-order chi connectivity index (χ1) is 11.3. The number of aromatic nitrogens is 2. The molecule has 6 heteroatoms. The zero-order valence-electron chi connectivity index (χ0n) is 13.5. The van der Waals surface area contributed by atoms with E-state index >= 15 is 0 Å². The number of hydrogen-bond donors (Lipinski definition) is 0. The number of halogens is 3. The lowest BCUT2D eigenvalue weighted by molar-refractivity contribution is 0.621. The quantitative estimate of drug-likeness (QED) is 0.460. The molecule has 1 heterocycles. The molecule has 2 aromatic carbocycles. The first-order valence-electron chi connectivity index (χ1n) is 7.51. The molecule has 0 saturated heterocycles. The molecule has 24 heavy (non-hydrogen) atoms. The van der Waals surface area contributed by atoms with Crippen molar-refractivity contribution in [1.82, 2.24) is 9.55 Å². The molecule has 1 aromatic heterocycles. The second-order valence-corrected chi connectivity index (χ2v) is 7.71. The van der Waals surface area contributed by atoms with Gasteiger partial charge in [-0.2, -0.15) is 0 Å². The molecule has 0 bridgehead atoms. The third-order valence-electron chi connectivity index (χ3n) is 4.01. The first kappa shape index (κ1) is 17.5. The largest absolute Gasteiger partial charge is 0.268 e. The monoisotopic (exact) mass is 500 g/mol. The zero-order valence-corrected chi connectivity index (χ0v) is 17.2. The standard InChI is InChI=1S/C18H15BrFIN2O/c1-4-17-22-15-8-13(20)14(21)7-11(15)18(24)23(17)16-6-9(2)12(19)5-10(16)3/h5-8H,4H2,1-3H3. The third-order valence-corrected chi connectivity index (χ3v) is 5.70. The topological polar surface area (TPSA) is 34.9 Å². The van der Waals surface area contributed by atoms with Crippen LogP contribution in [0.1, 0.15) is 23.9 Å². The predicted octanol–water partition coefficient (Wildman–Crippen LogP) is 5.07. The van der Waals surface area contributed by atoms with Crippen LogP contribution in [-0.4, -0.2) is 9.55 Å². The molecule has 0 amide bonds. The number of fused-ring (bicyclic) bond motifs is 1. The molecule has 0 unspecified atom stereocenters. The van der Waals surface area contributed by atoms with E-state index in [1.807, 2.05) is 55.5 Å². The summed E-state index contributed by atoms with van der Waals surface area (Å²) in [5.74, 6) is 0.267. The van der Waals surface area contributed by atoms with Gasteiger partial charge in [-0.1, -0.05) is 22.9 Å². The normalized spacial score (nSPS) is 11.2. The SMILES string of the molecule is CCc1nc2cc(F)c(I)cc2c(=O)n1-c1cc(C)c(Br)cc1C. The Hall–Kier alpha value is -1.28.